The average Bonchev–Trinajstić information content (AvgIpc) is 3.08. The molecule has 1 amide bonds. The van der Waals surface area contributed by atoms with Crippen LogP contribution < -0.4 is 5.73 Å². The molecule has 0 radical (unpaired) electrons. The molecule has 0 bridgehead atoms. The van der Waals surface area contributed by atoms with Crippen molar-refractivity contribution in [3.8, 4) is 0 Å². The van der Waals surface area contributed by atoms with E-state index >= 15 is 0 Å². The molecule has 0 saturated carbocycles. The quantitative estimate of drug-likeness (QED) is 0.376. The molecule has 3 rings (SSSR count). The van der Waals surface area contributed by atoms with E-state index in [1.807, 2.05) is 6.92 Å². The zero-order chi connectivity index (χ0) is 19.7. The number of carbonyl (C=O) groups excluding carboxylic acids is 2. The van der Waals surface area contributed by atoms with Gasteiger partial charge in [-0.15, -0.1) is 16.9 Å². The monoisotopic (exact) mass is 415 g/mol. The van der Waals surface area contributed by atoms with E-state index in [0.717, 1.165) is 0 Å². The fourth-order valence-electron chi connectivity index (χ4n) is 2.60. The maximum Gasteiger partial charge on any atom is 0.512 e. The summed E-state index contributed by atoms with van der Waals surface area (Å²) in [7, 11) is 1.26. The van der Waals surface area contributed by atoms with Crippen LogP contribution in [0.1, 0.15) is 17.5 Å². The minimum absolute atomic E-state index is 0.00596. The van der Waals surface area contributed by atoms with E-state index in [0.29, 0.717) is 23.0 Å². The molecule has 2 aliphatic rings. The molecule has 146 valence electrons. The Labute approximate surface area is 162 Å². The highest BCUT2D eigenvalue weighted by Crippen LogP contribution is 2.40. The summed E-state index contributed by atoms with van der Waals surface area (Å²) in [5, 5.41) is 13.2. The van der Waals surface area contributed by atoms with Gasteiger partial charge in [0.15, 0.2) is 0 Å². The van der Waals surface area contributed by atoms with Gasteiger partial charge in [0.2, 0.25) is 22.8 Å². The highest BCUT2D eigenvalue weighted by molar-refractivity contribution is 8.01. The number of nitrogens with zero attached hydrogens (tertiary/aromatic N) is 4. The van der Waals surface area contributed by atoms with Crippen molar-refractivity contribution in [1.29, 1.82) is 0 Å². The number of carboxylic acid groups (broad SMARTS) is 1. The summed E-state index contributed by atoms with van der Waals surface area (Å²) in [6.45, 7) is 2.25. The second-order valence-corrected chi connectivity index (χ2v) is 7.57. The van der Waals surface area contributed by atoms with Gasteiger partial charge in [-0.25, -0.2) is 14.3 Å². The topological polar surface area (TPSA) is 150 Å². The van der Waals surface area contributed by atoms with Crippen LogP contribution in [0.2, 0.25) is 0 Å². The van der Waals surface area contributed by atoms with Crippen LogP contribution >= 0.6 is 23.5 Å². The van der Waals surface area contributed by atoms with Crippen LogP contribution in [0.3, 0.4) is 0 Å². The van der Waals surface area contributed by atoms with Crippen molar-refractivity contribution in [3.05, 3.63) is 17.3 Å². The van der Waals surface area contributed by atoms with E-state index in [1.165, 1.54) is 40.2 Å². The molecule has 2 aliphatic heterocycles. The van der Waals surface area contributed by atoms with Gasteiger partial charge < -0.3 is 20.3 Å². The maximum absolute atomic E-state index is 12.0. The number of carbonyl (C=O) groups is 3. The predicted octanol–water partition coefficient (Wildman–Crippen LogP) is 0.325. The Morgan fingerprint density at radius 3 is 2.85 bits per heavy atom. The van der Waals surface area contributed by atoms with Crippen LogP contribution in [0, 0.1) is 0 Å². The van der Waals surface area contributed by atoms with Crippen molar-refractivity contribution in [3.63, 3.8) is 0 Å². The molecule has 0 spiro atoms. The highest BCUT2D eigenvalue weighted by Gasteiger charge is 2.51. The van der Waals surface area contributed by atoms with Crippen molar-refractivity contribution in [1.82, 2.24) is 19.7 Å². The molecule has 0 aromatic carbocycles. The number of methoxy groups -OCH3 is 1. The van der Waals surface area contributed by atoms with Crippen LogP contribution in [0.5, 0.6) is 0 Å². The number of ether oxygens (including phenoxy) is 2. The second kappa shape index (κ2) is 7.78. The number of aryl methyl sites for hydroxylation is 1. The van der Waals surface area contributed by atoms with Crippen molar-refractivity contribution >= 4 is 41.6 Å². The lowest BCUT2D eigenvalue weighted by atomic mass is 10.1. The number of aromatic nitrogens is 3. The molecule has 3 N–H and O–H groups in total. The van der Waals surface area contributed by atoms with Gasteiger partial charge in [-0.1, -0.05) is 11.8 Å². The first kappa shape index (κ1) is 19.5. The van der Waals surface area contributed by atoms with Crippen molar-refractivity contribution in [2.24, 2.45) is 5.73 Å². The molecule has 13 heteroatoms. The predicted molar refractivity (Wildman–Crippen MR) is 95.0 cm³/mol. The third-order valence-electron chi connectivity index (χ3n) is 3.91. The summed E-state index contributed by atoms with van der Waals surface area (Å²) in [4.78, 5) is 40.2. The molecule has 27 heavy (non-hydrogen) atoms. The number of esters is 1. The number of fused-ring (bicyclic) bond motifs is 1. The molecule has 1 fully saturated rings. The maximum atomic E-state index is 12.0. The van der Waals surface area contributed by atoms with Crippen LogP contribution in [0.15, 0.2) is 16.6 Å². The fourth-order valence-corrected chi connectivity index (χ4v) is 4.84. The van der Waals surface area contributed by atoms with Gasteiger partial charge in [-0.2, -0.15) is 4.98 Å². The molecular formula is C14H17N5O6S2. The Kier molecular flexibility index (Phi) is 5.62. The first-order chi connectivity index (χ1) is 12.9. The summed E-state index contributed by atoms with van der Waals surface area (Å²) in [6.07, 6.45) is -1.51. The third-order valence-corrected chi connectivity index (χ3v) is 6.20. The Morgan fingerprint density at radius 1 is 1.48 bits per heavy atom. The van der Waals surface area contributed by atoms with Crippen LogP contribution in [0.4, 0.5) is 4.79 Å². The number of nitrogens with two attached hydrogens (primary N) is 1. The lowest BCUT2D eigenvalue weighted by Crippen LogP contribution is -2.68. The van der Waals surface area contributed by atoms with Gasteiger partial charge in [-0.3, -0.25) is 9.69 Å². The lowest BCUT2D eigenvalue weighted by Gasteiger charge is -2.47. The highest BCUT2D eigenvalue weighted by atomic mass is 32.2. The minimum Gasteiger partial charge on any atom is -0.463 e. The standard InChI is InChI=1S/C14H17N5O6S2/c1-3-18-8(12(21)24-2)16-13(17-18)27-5-6-4-26-11-7(15)9(20)19(11)10(6)25-14(22)23/h7,11H,3-5,15H2,1-2H3,(H,22,23)/t7-,11-/m1/s1. The number of amides is 1. The van der Waals surface area contributed by atoms with Gasteiger partial charge >= 0.3 is 12.1 Å². The van der Waals surface area contributed by atoms with Crippen molar-refractivity contribution in [2.75, 3.05) is 18.6 Å². The number of hydrogen-bond donors (Lipinski definition) is 2. The Hall–Kier alpha value is -2.25. The molecule has 1 aromatic rings. The van der Waals surface area contributed by atoms with Crippen LogP contribution in [0.25, 0.3) is 0 Å². The van der Waals surface area contributed by atoms with Gasteiger partial charge in [0.05, 0.1) is 7.11 Å². The van der Waals surface area contributed by atoms with Crippen molar-refractivity contribution < 1.29 is 29.0 Å². The fraction of sp³-hybridized carbons (Fsp3) is 0.500. The zero-order valence-electron chi connectivity index (χ0n) is 14.4. The molecule has 1 saturated heterocycles. The number of β-lactam (4-membered cyclic amide) rings is 1. The molecule has 11 nitrogen and oxygen atoms in total. The Balaban J connectivity index is 1.80. The zero-order valence-corrected chi connectivity index (χ0v) is 16.1. The van der Waals surface area contributed by atoms with Gasteiger partial charge in [0, 0.05) is 23.6 Å². The first-order valence-electron chi connectivity index (χ1n) is 7.86. The smallest absolute Gasteiger partial charge is 0.463 e. The van der Waals surface area contributed by atoms with E-state index in [-0.39, 0.29) is 28.7 Å². The lowest BCUT2D eigenvalue weighted by molar-refractivity contribution is -0.144. The van der Waals surface area contributed by atoms with Gasteiger partial charge in [0.1, 0.15) is 11.4 Å². The van der Waals surface area contributed by atoms with E-state index in [2.05, 4.69) is 14.8 Å². The normalized spacial score (nSPS) is 21.6. The van der Waals surface area contributed by atoms with Gasteiger partial charge in [-0.05, 0) is 6.92 Å². The Morgan fingerprint density at radius 2 is 2.22 bits per heavy atom. The van der Waals surface area contributed by atoms with Gasteiger partial charge in [0.25, 0.3) is 0 Å². The third kappa shape index (κ3) is 3.61. The summed E-state index contributed by atoms with van der Waals surface area (Å²) in [5.74, 6) is -0.158. The molecule has 2 atom stereocenters. The molecule has 0 aliphatic carbocycles. The molecule has 3 heterocycles. The second-order valence-electron chi connectivity index (χ2n) is 5.53. The van der Waals surface area contributed by atoms with E-state index in [1.54, 1.807) is 0 Å². The molecule has 1 aromatic heterocycles. The van der Waals surface area contributed by atoms with Crippen molar-refractivity contribution in [2.45, 2.75) is 30.0 Å². The summed E-state index contributed by atoms with van der Waals surface area (Å²) >= 11 is 2.64. The van der Waals surface area contributed by atoms with E-state index in [9.17, 15) is 14.4 Å². The molecule has 0 unspecified atom stereocenters. The average molecular weight is 415 g/mol. The van der Waals surface area contributed by atoms with E-state index in [4.69, 9.17) is 15.6 Å². The first-order valence-corrected chi connectivity index (χ1v) is 9.89. The largest absolute Gasteiger partial charge is 0.512 e. The summed E-state index contributed by atoms with van der Waals surface area (Å²) < 4.78 is 10.9. The number of rotatable bonds is 6. The summed E-state index contributed by atoms with van der Waals surface area (Å²) in [6, 6.07) is -0.666. The molecular weight excluding hydrogens is 398 g/mol. The minimum atomic E-state index is -1.51. The number of hydrogen-bond acceptors (Lipinski definition) is 10. The summed E-state index contributed by atoms with van der Waals surface area (Å²) in [5.41, 5.74) is 6.35. The van der Waals surface area contributed by atoms with E-state index < -0.39 is 18.2 Å². The number of thioether (sulfide) groups is 2. The Bertz CT molecular complexity index is 825. The van der Waals surface area contributed by atoms with Crippen LogP contribution in [-0.4, -0.2) is 72.8 Å². The van der Waals surface area contributed by atoms with Crippen LogP contribution in [-0.2, 0) is 20.8 Å². The SMILES string of the molecule is CCn1nc(SCC2=C(OC(=O)O)N3C(=O)[C@@H](N)[C@H]3SC2)nc1C(=O)OC.